The van der Waals surface area contributed by atoms with Crippen LogP contribution in [0.3, 0.4) is 0 Å². The summed E-state index contributed by atoms with van der Waals surface area (Å²) in [6.45, 7) is 3.61. The van der Waals surface area contributed by atoms with Gasteiger partial charge in [0.05, 0.1) is 0 Å². The van der Waals surface area contributed by atoms with Crippen LogP contribution < -0.4 is 10.6 Å². The van der Waals surface area contributed by atoms with Crippen molar-refractivity contribution in [1.82, 2.24) is 10.6 Å². The number of carbonyl (C=O) groups is 1. The first-order valence-electron chi connectivity index (χ1n) is 5.28. The highest BCUT2D eigenvalue weighted by atomic mass is 16.5. The van der Waals surface area contributed by atoms with E-state index >= 15 is 0 Å². The Balaban J connectivity index is 2.05. The van der Waals surface area contributed by atoms with Crippen molar-refractivity contribution in [2.45, 2.75) is 38.3 Å². The fourth-order valence-corrected chi connectivity index (χ4v) is 1.62. The van der Waals surface area contributed by atoms with E-state index < -0.39 is 0 Å². The minimum atomic E-state index is -0.341. The lowest BCUT2D eigenvalue weighted by Crippen LogP contribution is -2.36. The lowest BCUT2D eigenvalue weighted by Gasteiger charge is -2.13. The summed E-state index contributed by atoms with van der Waals surface area (Å²) in [6, 6.07) is 0.591. The van der Waals surface area contributed by atoms with E-state index in [1.54, 1.807) is 14.0 Å². The zero-order valence-corrected chi connectivity index (χ0v) is 9.01. The predicted octanol–water partition coefficient (Wildman–Crippen LogP) is 0.280. The maximum atomic E-state index is 11.3. The molecule has 0 saturated carbocycles. The van der Waals surface area contributed by atoms with Crippen molar-refractivity contribution in [2.75, 3.05) is 20.2 Å². The number of hydrogen-bond donors (Lipinski definition) is 2. The molecule has 0 aliphatic carbocycles. The van der Waals surface area contributed by atoms with Gasteiger partial charge in [0.1, 0.15) is 6.10 Å². The van der Waals surface area contributed by atoms with Gasteiger partial charge in [-0.1, -0.05) is 0 Å². The van der Waals surface area contributed by atoms with Gasteiger partial charge in [-0.15, -0.1) is 0 Å². The highest BCUT2D eigenvalue weighted by molar-refractivity contribution is 5.80. The minimum absolute atomic E-state index is 0.0227. The van der Waals surface area contributed by atoms with E-state index in [0.717, 1.165) is 19.5 Å². The number of hydrogen-bond acceptors (Lipinski definition) is 3. The summed E-state index contributed by atoms with van der Waals surface area (Å²) in [4.78, 5) is 11.3. The molecular formula is C10H20N2O2. The molecule has 0 aromatic rings. The van der Waals surface area contributed by atoms with Crippen molar-refractivity contribution in [3.05, 3.63) is 0 Å². The van der Waals surface area contributed by atoms with E-state index in [-0.39, 0.29) is 12.0 Å². The normalized spacial score (nSPS) is 23.4. The van der Waals surface area contributed by atoms with Crippen LogP contribution in [0, 0.1) is 0 Å². The van der Waals surface area contributed by atoms with Gasteiger partial charge in [-0.3, -0.25) is 4.79 Å². The Hall–Kier alpha value is -0.610. The molecular weight excluding hydrogens is 180 g/mol. The Morgan fingerprint density at radius 2 is 2.50 bits per heavy atom. The molecule has 1 aliphatic heterocycles. The molecule has 1 unspecified atom stereocenters. The predicted molar refractivity (Wildman–Crippen MR) is 55.1 cm³/mol. The molecule has 0 bridgehead atoms. The average molecular weight is 200 g/mol. The lowest BCUT2D eigenvalue weighted by atomic mass is 10.1. The van der Waals surface area contributed by atoms with Crippen LogP contribution in [0.2, 0.25) is 0 Å². The van der Waals surface area contributed by atoms with Crippen molar-refractivity contribution < 1.29 is 9.53 Å². The number of rotatable bonds is 5. The van der Waals surface area contributed by atoms with E-state index in [0.29, 0.717) is 6.04 Å². The van der Waals surface area contributed by atoms with E-state index in [9.17, 15) is 4.79 Å². The summed E-state index contributed by atoms with van der Waals surface area (Å²) in [7, 11) is 1.54. The highest BCUT2D eigenvalue weighted by Crippen LogP contribution is 2.07. The molecule has 0 aromatic carbocycles. The molecule has 1 amide bonds. The molecule has 1 rings (SSSR count). The van der Waals surface area contributed by atoms with E-state index in [1.807, 2.05) is 0 Å². The Morgan fingerprint density at radius 3 is 3.07 bits per heavy atom. The second kappa shape index (κ2) is 5.98. The molecule has 14 heavy (non-hydrogen) atoms. The van der Waals surface area contributed by atoms with Crippen LogP contribution in [-0.4, -0.2) is 38.3 Å². The third-order valence-electron chi connectivity index (χ3n) is 2.68. The van der Waals surface area contributed by atoms with Crippen LogP contribution in [-0.2, 0) is 9.53 Å². The molecule has 4 nitrogen and oxygen atoms in total. The summed E-state index contributed by atoms with van der Waals surface area (Å²) >= 11 is 0. The van der Waals surface area contributed by atoms with Crippen LogP contribution in [0.25, 0.3) is 0 Å². The van der Waals surface area contributed by atoms with Crippen molar-refractivity contribution in [1.29, 1.82) is 0 Å². The molecule has 1 aliphatic rings. The largest absolute Gasteiger partial charge is 0.372 e. The van der Waals surface area contributed by atoms with Gasteiger partial charge in [-0.25, -0.2) is 0 Å². The Morgan fingerprint density at radius 1 is 1.71 bits per heavy atom. The summed E-state index contributed by atoms with van der Waals surface area (Å²) in [5, 5.41) is 6.25. The standard InChI is InChI=1S/C10H20N2O2/c1-8(14-2)10(13)12-7-5-9-4-3-6-11-9/h8-9,11H,3-7H2,1-2H3,(H,12,13)/t8?,9-/m0/s1. The quantitative estimate of drug-likeness (QED) is 0.670. The summed E-state index contributed by atoms with van der Waals surface area (Å²) in [5.74, 6) is -0.0227. The Kier molecular flexibility index (Phi) is 4.90. The number of carbonyl (C=O) groups excluding carboxylic acids is 1. The average Bonchev–Trinajstić information content (AvgIpc) is 2.69. The highest BCUT2D eigenvalue weighted by Gasteiger charge is 2.15. The molecule has 4 heteroatoms. The summed E-state index contributed by atoms with van der Waals surface area (Å²) in [5.41, 5.74) is 0. The maximum absolute atomic E-state index is 11.3. The number of amides is 1. The van der Waals surface area contributed by atoms with Crippen molar-refractivity contribution in [3.8, 4) is 0 Å². The molecule has 82 valence electrons. The molecule has 2 atom stereocenters. The van der Waals surface area contributed by atoms with Gasteiger partial charge in [-0.2, -0.15) is 0 Å². The second-order valence-electron chi connectivity index (χ2n) is 3.75. The summed E-state index contributed by atoms with van der Waals surface area (Å²) < 4.78 is 4.91. The lowest BCUT2D eigenvalue weighted by molar-refractivity contribution is -0.130. The van der Waals surface area contributed by atoms with Crippen LogP contribution in [0.5, 0.6) is 0 Å². The van der Waals surface area contributed by atoms with Gasteiger partial charge in [0.15, 0.2) is 0 Å². The van der Waals surface area contributed by atoms with E-state index in [4.69, 9.17) is 4.74 Å². The number of methoxy groups -OCH3 is 1. The van der Waals surface area contributed by atoms with E-state index in [2.05, 4.69) is 10.6 Å². The molecule has 1 saturated heterocycles. The monoisotopic (exact) mass is 200 g/mol. The fourth-order valence-electron chi connectivity index (χ4n) is 1.62. The number of ether oxygens (including phenoxy) is 1. The molecule has 1 fully saturated rings. The molecule has 0 radical (unpaired) electrons. The molecule has 2 N–H and O–H groups in total. The first-order chi connectivity index (χ1) is 6.74. The number of nitrogens with one attached hydrogen (secondary N) is 2. The molecule has 0 aromatic heterocycles. The minimum Gasteiger partial charge on any atom is -0.372 e. The molecule has 0 spiro atoms. The van der Waals surface area contributed by atoms with Crippen LogP contribution in [0.15, 0.2) is 0 Å². The second-order valence-corrected chi connectivity index (χ2v) is 3.75. The third-order valence-corrected chi connectivity index (χ3v) is 2.68. The Labute approximate surface area is 85.4 Å². The van der Waals surface area contributed by atoms with Gasteiger partial charge in [0.2, 0.25) is 5.91 Å². The third kappa shape index (κ3) is 3.64. The maximum Gasteiger partial charge on any atom is 0.248 e. The van der Waals surface area contributed by atoms with Crippen LogP contribution in [0.4, 0.5) is 0 Å². The first-order valence-corrected chi connectivity index (χ1v) is 5.28. The zero-order chi connectivity index (χ0) is 10.4. The molecule has 1 heterocycles. The van der Waals surface area contributed by atoms with E-state index in [1.165, 1.54) is 12.8 Å². The van der Waals surface area contributed by atoms with Crippen molar-refractivity contribution in [3.63, 3.8) is 0 Å². The zero-order valence-electron chi connectivity index (χ0n) is 9.01. The summed E-state index contributed by atoms with van der Waals surface area (Å²) in [6.07, 6.45) is 3.16. The van der Waals surface area contributed by atoms with Gasteiger partial charge in [0, 0.05) is 19.7 Å². The van der Waals surface area contributed by atoms with Crippen molar-refractivity contribution >= 4 is 5.91 Å². The topological polar surface area (TPSA) is 50.4 Å². The smallest absolute Gasteiger partial charge is 0.248 e. The van der Waals surface area contributed by atoms with Gasteiger partial charge < -0.3 is 15.4 Å². The van der Waals surface area contributed by atoms with Gasteiger partial charge >= 0.3 is 0 Å². The SMILES string of the molecule is COC(C)C(=O)NCC[C@@H]1CCCN1. The van der Waals surface area contributed by atoms with Crippen LogP contribution >= 0.6 is 0 Å². The Bertz CT molecular complexity index is 179. The van der Waals surface area contributed by atoms with Gasteiger partial charge in [0.25, 0.3) is 0 Å². The van der Waals surface area contributed by atoms with Crippen LogP contribution in [0.1, 0.15) is 26.2 Å². The fraction of sp³-hybridized carbons (Fsp3) is 0.900. The van der Waals surface area contributed by atoms with Gasteiger partial charge in [-0.05, 0) is 32.7 Å². The van der Waals surface area contributed by atoms with Crippen molar-refractivity contribution in [2.24, 2.45) is 0 Å². The first kappa shape index (κ1) is 11.5.